The standard InChI is InChI=1S/C30H34N2O4/c1-3-4-5-6-7-8-9-18-35-24-14-11-22(12-15-24)29(33)31-23-13-17-27-25(20-23)30(34)32-26-16-10-21(2)19-28(26)36-27/h10-17,19-20H,3-9,18H2,1-2H3,(H,31,33)(H,32,34). The minimum Gasteiger partial charge on any atom is -0.494 e. The number of hydrogen-bond donors (Lipinski definition) is 2. The summed E-state index contributed by atoms with van der Waals surface area (Å²) in [6, 6.07) is 17.8. The van der Waals surface area contributed by atoms with Crippen LogP contribution in [-0.2, 0) is 0 Å². The SMILES string of the molecule is CCCCCCCCCOc1ccc(C(=O)Nc2ccc3c(c2)C(=O)Nc2ccc(C)cc2O3)cc1. The molecule has 0 radical (unpaired) electrons. The van der Waals surface area contributed by atoms with Crippen LogP contribution in [0.3, 0.4) is 0 Å². The third-order valence-corrected chi connectivity index (χ3v) is 6.22. The summed E-state index contributed by atoms with van der Waals surface area (Å²) in [5.74, 6) is 1.24. The molecule has 6 heteroatoms. The molecule has 1 aliphatic heterocycles. The number of nitrogens with one attached hydrogen (secondary N) is 2. The fourth-order valence-corrected chi connectivity index (χ4v) is 4.15. The number of amides is 2. The molecule has 0 unspecified atom stereocenters. The van der Waals surface area contributed by atoms with Crippen molar-refractivity contribution in [2.24, 2.45) is 0 Å². The molecule has 6 nitrogen and oxygen atoms in total. The Kier molecular flexibility index (Phi) is 8.61. The highest BCUT2D eigenvalue weighted by atomic mass is 16.5. The predicted octanol–water partition coefficient (Wildman–Crippen LogP) is 7.73. The van der Waals surface area contributed by atoms with Gasteiger partial charge in [-0.15, -0.1) is 0 Å². The number of fused-ring (bicyclic) bond motifs is 2. The zero-order valence-electron chi connectivity index (χ0n) is 21.1. The quantitative estimate of drug-likeness (QED) is 0.272. The van der Waals surface area contributed by atoms with E-state index in [1.165, 1.54) is 38.5 Å². The number of ether oxygens (including phenoxy) is 2. The Morgan fingerprint density at radius 1 is 0.889 bits per heavy atom. The van der Waals surface area contributed by atoms with Crippen LogP contribution in [0.15, 0.2) is 60.7 Å². The molecule has 3 aromatic carbocycles. The lowest BCUT2D eigenvalue weighted by molar-refractivity contribution is 0.101. The van der Waals surface area contributed by atoms with Crippen LogP contribution in [0.1, 0.15) is 78.1 Å². The molecule has 1 heterocycles. The van der Waals surface area contributed by atoms with Crippen LogP contribution in [0.4, 0.5) is 11.4 Å². The highest BCUT2D eigenvalue weighted by Crippen LogP contribution is 2.37. The molecule has 0 atom stereocenters. The van der Waals surface area contributed by atoms with E-state index in [0.717, 1.165) is 17.7 Å². The minimum absolute atomic E-state index is 0.262. The van der Waals surface area contributed by atoms with Gasteiger partial charge in [-0.2, -0.15) is 0 Å². The number of hydrogen-bond acceptors (Lipinski definition) is 4. The fourth-order valence-electron chi connectivity index (χ4n) is 4.15. The monoisotopic (exact) mass is 486 g/mol. The van der Waals surface area contributed by atoms with Gasteiger partial charge in [0.25, 0.3) is 11.8 Å². The van der Waals surface area contributed by atoms with Crippen LogP contribution in [0.2, 0.25) is 0 Å². The highest BCUT2D eigenvalue weighted by molar-refractivity contribution is 6.10. The average molecular weight is 487 g/mol. The van der Waals surface area contributed by atoms with E-state index in [2.05, 4.69) is 17.6 Å². The molecule has 4 rings (SSSR count). The first-order valence-corrected chi connectivity index (χ1v) is 12.8. The van der Waals surface area contributed by atoms with Gasteiger partial charge >= 0.3 is 0 Å². The predicted molar refractivity (Wildman–Crippen MR) is 144 cm³/mol. The van der Waals surface area contributed by atoms with Crippen LogP contribution >= 0.6 is 0 Å². The number of anilines is 2. The lowest BCUT2D eigenvalue weighted by Crippen LogP contribution is -2.14. The summed E-state index contributed by atoms with van der Waals surface area (Å²) in [4.78, 5) is 25.5. The van der Waals surface area contributed by atoms with Crippen LogP contribution in [0.25, 0.3) is 0 Å². The van der Waals surface area contributed by atoms with Gasteiger partial charge in [0.2, 0.25) is 0 Å². The summed E-state index contributed by atoms with van der Waals surface area (Å²) in [5, 5.41) is 5.73. The molecular weight excluding hydrogens is 452 g/mol. The normalized spacial score (nSPS) is 12.0. The molecule has 1 aliphatic rings. The number of aryl methyl sites for hydroxylation is 1. The third kappa shape index (κ3) is 6.66. The first kappa shape index (κ1) is 25.3. The van der Waals surface area contributed by atoms with Gasteiger partial charge in [0, 0.05) is 11.3 Å². The van der Waals surface area contributed by atoms with E-state index in [9.17, 15) is 9.59 Å². The molecule has 0 spiro atoms. The smallest absolute Gasteiger partial charge is 0.259 e. The van der Waals surface area contributed by atoms with Crippen molar-refractivity contribution < 1.29 is 19.1 Å². The molecule has 36 heavy (non-hydrogen) atoms. The molecule has 0 fully saturated rings. The first-order valence-electron chi connectivity index (χ1n) is 12.8. The third-order valence-electron chi connectivity index (χ3n) is 6.22. The van der Waals surface area contributed by atoms with Gasteiger partial charge in [0.05, 0.1) is 17.9 Å². The summed E-state index contributed by atoms with van der Waals surface area (Å²) in [5.41, 5.74) is 3.03. The molecule has 0 aliphatic carbocycles. The van der Waals surface area contributed by atoms with Gasteiger partial charge in [-0.05, 0) is 73.5 Å². The van der Waals surface area contributed by atoms with Crippen molar-refractivity contribution in [3.05, 3.63) is 77.4 Å². The second-order valence-electron chi connectivity index (χ2n) is 9.22. The van der Waals surface area contributed by atoms with Crippen molar-refractivity contribution in [1.29, 1.82) is 0 Å². The lowest BCUT2D eigenvalue weighted by atomic mass is 10.1. The first-order chi connectivity index (χ1) is 17.5. The van der Waals surface area contributed by atoms with E-state index in [0.29, 0.717) is 40.6 Å². The van der Waals surface area contributed by atoms with Crippen LogP contribution in [0, 0.1) is 6.92 Å². The topological polar surface area (TPSA) is 76.7 Å². The van der Waals surface area contributed by atoms with E-state index in [-0.39, 0.29) is 11.8 Å². The number of carbonyl (C=O) groups is 2. The maximum absolute atomic E-state index is 12.8. The Balaban J connectivity index is 1.30. The van der Waals surface area contributed by atoms with Gasteiger partial charge in [-0.25, -0.2) is 0 Å². The molecule has 0 saturated carbocycles. The van der Waals surface area contributed by atoms with Crippen molar-refractivity contribution in [3.8, 4) is 17.2 Å². The highest BCUT2D eigenvalue weighted by Gasteiger charge is 2.21. The Labute approximate surface area is 213 Å². The molecule has 2 amide bonds. The van der Waals surface area contributed by atoms with Gasteiger partial charge in [0.1, 0.15) is 11.5 Å². The van der Waals surface area contributed by atoms with Crippen molar-refractivity contribution in [1.82, 2.24) is 0 Å². The summed E-state index contributed by atoms with van der Waals surface area (Å²) in [6.45, 7) is 4.88. The van der Waals surface area contributed by atoms with Crippen molar-refractivity contribution >= 4 is 23.2 Å². The minimum atomic E-state index is -0.286. The van der Waals surface area contributed by atoms with Gasteiger partial charge in [-0.3, -0.25) is 9.59 Å². The summed E-state index contributed by atoms with van der Waals surface area (Å²) in [7, 11) is 0. The number of benzene rings is 3. The van der Waals surface area contributed by atoms with E-state index < -0.39 is 0 Å². The van der Waals surface area contributed by atoms with Crippen molar-refractivity contribution in [3.63, 3.8) is 0 Å². The van der Waals surface area contributed by atoms with Gasteiger partial charge < -0.3 is 20.1 Å². The molecule has 0 aromatic heterocycles. The number of carbonyl (C=O) groups excluding carboxylic acids is 2. The number of unbranched alkanes of at least 4 members (excludes halogenated alkanes) is 6. The zero-order valence-corrected chi connectivity index (χ0v) is 21.1. The molecule has 0 saturated heterocycles. The lowest BCUT2D eigenvalue weighted by Gasteiger charge is -2.11. The van der Waals surface area contributed by atoms with E-state index >= 15 is 0 Å². The fraction of sp³-hybridized carbons (Fsp3) is 0.333. The molecule has 3 aromatic rings. The van der Waals surface area contributed by atoms with Crippen molar-refractivity contribution in [2.75, 3.05) is 17.2 Å². The summed E-state index contributed by atoms with van der Waals surface area (Å²) in [6.07, 6.45) is 8.68. The summed E-state index contributed by atoms with van der Waals surface area (Å²) < 4.78 is 11.8. The zero-order chi connectivity index (χ0) is 25.3. The van der Waals surface area contributed by atoms with E-state index in [4.69, 9.17) is 9.47 Å². The largest absolute Gasteiger partial charge is 0.494 e. The Bertz CT molecular complexity index is 1200. The second-order valence-corrected chi connectivity index (χ2v) is 9.22. The maximum Gasteiger partial charge on any atom is 0.259 e. The average Bonchev–Trinajstić information content (AvgIpc) is 3.01. The number of rotatable bonds is 11. The van der Waals surface area contributed by atoms with Gasteiger partial charge in [0.15, 0.2) is 5.75 Å². The van der Waals surface area contributed by atoms with Crippen LogP contribution in [-0.4, -0.2) is 18.4 Å². The molecule has 2 N–H and O–H groups in total. The maximum atomic E-state index is 12.8. The van der Waals surface area contributed by atoms with Gasteiger partial charge in [-0.1, -0.05) is 51.5 Å². The van der Waals surface area contributed by atoms with Crippen LogP contribution in [0.5, 0.6) is 17.2 Å². The molecular formula is C30H34N2O4. The summed E-state index contributed by atoms with van der Waals surface area (Å²) >= 11 is 0. The van der Waals surface area contributed by atoms with Crippen LogP contribution < -0.4 is 20.1 Å². The Hall–Kier alpha value is -3.80. The van der Waals surface area contributed by atoms with E-state index in [1.54, 1.807) is 30.3 Å². The molecule has 188 valence electrons. The van der Waals surface area contributed by atoms with Crippen molar-refractivity contribution in [2.45, 2.75) is 58.8 Å². The Morgan fingerprint density at radius 2 is 1.64 bits per heavy atom. The Morgan fingerprint density at radius 3 is 2.42 bits per heavy atom. The molecule has 0 bridgehead atoms. The second kappa shape index (κ2) is 12.2. The van der Waals surface area contributed by atoms with E-state index in [1.807, 2.05) is 37.3 Å².